The average molecular weight is 236 g/mol. The van der Waals surface area contributed by atoms with Gasteiger partial charge in [0.25, 0.3) is 0 Å². The second-order valence-corrected chi connectivity index (χ2v) is 5.20. The van der Waals surface area contributed by atoms with Crippen molar-refractivity contribution >= 4 is 0 Å². The van der Waals surface area contributed by atoms with Gasteiger partial charge in [-0.15, -0.1) is 0 Å². The highest BCUT2D eigenvalue weighted by molar-refractivity contribution is 5.45. The van der Waals surface area contributed by atoms with Crippen LogP contribution in [0.15, 0.2) is 18.2 Å². The third-order valence-electron chi connectivity index (χ3n) is 4.11. The lowest BCUT2D eigenvalue weighted by Crippen LogP contribution is -2.31. The van der Waals surface area contributed by atoms with Gasteiger partial charge < -0.3 is 14.6 Å². The van der Waals surface area contributed by atoms with Gasteiger partial charge in [0.1, 0.15) is 11.5 Å². The lowest BCUT2D eigenvalue weighted by Gasteiger charge is -2.32. The summed E-state index contributed by atoms with van der Waals surface area (Å²) in [6.07, 6.45) is 2.08. The van der Waals surface area contributed by atoms with E-state index >= 15 is 0 Å². The molecule has 1 saturated carbocycles. The van der Waals surface area contributed by atoms with Gasteiger partial charge in [-0.2, -0.15) is 0 Å². The van der Waals surface area contributed by atoms with Crippen LogP contribution in [0.25, 0.3) is 0 Å². The number of hydrogen-bond acceptors (Lipinski definition) is 3. The summed E-state index contributed by atoms with van der Waals surface area (Å²) in [7, 11) is 3.25. The highest BCUT2D eigenvalue weighted by atomic mass is 16.5. The Bertz CT molecular complexity index is 419. The molecule has 1 fully saturated rings. The molecule has 1 atom stereocenters. The van der Waals surface area contributed by atoms with Crippen LogP contribution in [0.4, 0.5) is 0 Å². The Morgan fingerprint density at radius 1 is 1.24 bits per heavy atom. The number of aliphatic hydroxyl groups is 1. The Balaban J connectivity index is 2.48. The van der Waals surface area contributed by atoms with Gasteiger partial charge in [-0.05, 0) is 38.0 Å². The van der Waals surface area contributed by atoms with Crippen molar-refractivity contribution in [2.75, 3.05) is 14.2 Å². The van der Waals surface area contributed by atoms with Crippen molar-refractivity contribution in [2.24, 2.45) is 5.41 Å². The second-order valence-electron chi connectivity index (χ2n) is 5.20. The fourth-order valence-electron chi connectivity index (χ4n) is 2.19. The lowest BCUT2D eigenvalue weighted by atomic mass is 9.81. The van der Waals surface area contributed by atoms with E-state index in [0.717, 1.165) is 24.2 Å². The number of rotatable bonds is 4. The van der Waals surface area contributed by atoms with Crippen LogP contribution in [0.5, 0.6) is 11.5 Å². The third-order valence-corrected chi connectivity index (χ3v) is 4.11. The standard InChI is InChI=1S/C14H20O3/c1-13(7-8-13)14(2,15)11-9-10(16-3)5-6-12(11)17-4/h5-6,9,15H,7-8H2,1-4H3. The van der Waals surface area contributed by atoms with Crippen LogP contribution in [0.3, 0.4) is 0 Å². The van der Waals surface area contributed by atoms with Crippen molar-refractivity contribution in [3.8, 4) is 11.5 Å². The van der Waals surface area contributed by atoms with E-state index in [0.29, 0.717) is 5.75 Å². The van der Waals surface area contributed by atoms with Crippen LogP contribution in [-0.2, 0) is 5.60 Å². The summed E-state index contributed by atoms with van der Waals surface area (Å²) in [6.45, 7) is 3.96. The molecule has 1 aliphatic carbocycles. The minimum Gasteiger partial charge on any atom is -0.497 e. The molecule has 0 saturated heterocycles. The predicted molar refractivity (Wildman–Crippen MR) is 66.5 cm³/mol. The number of ether oxygens (including phenoxy) is 2. The Kier molecular flexibility index (Phi) is 2.82. The van der Waals surface area contributed by atoms with Gasteiger partial charge in [-0.1, -0.05) is 6.92 Å². The monoisotopic (exact) mass is 236 g/mol. The van der Waals surface area contributed by atoms with E-state index in [4.69, 9.17) is 9.47 Å². The summed E-state index contributed by atoms with van der Waals surface area (Å²) in [5.41, 5.74) is -0.126. The molecule has 3 nitrogen and oxygen atoms in total. The Labute approximate surface area is 102 Å². The number of benzene rings is 1. The minimum atomic E-state index is -0.882. The molecule has 1 unspecified atom stereocenters. The molecule has 0 radical (unpaired) electrons. The molecule has 17 heavy (non-hydrogen) atoms. The summed E-state index contributed by atoms with van der Waals surface area (Å²) in [5.74, 6) is 1.45. The van der Waals surface area contributed by atoms with Crippen LogP contribution in [0.1, 0.15) is 32.3 Å². The van der Waals surface area contributed by atoms with Crippen molar-refractivity contribution in [2.45, 2.75) is 32.3 Å². The Hall–Kier alpha value is -1.22. The SMILES string of the molecule is COc1ccc(OC)c(C(C)(O)C2(C)CC2)c1. The molecule has 94 valence electrons. The van der Waals surface area contributed by atoms with E-state index in [9.17, 15) is 5.11 Å². The molecule has 1 aromatic carbocycles. The molecule has 1 N–H and O–H groups in total. The van der Waals surface area contributed by atoms with Crippen molar-refractivity contribution in [1.82, 2.24) is 0 Å². The van der Waals surface area contributed by atoms with E-state index in [1.807, 2.05) is 25.1 Å². The first-order chi connectivity index (χ1) is 7.94. The average Bonchev–Trinajstić information content (AvgIpc) is 3.08. The largest absolute Gasteiger partial charge is 0.497 e. The van der Waals surface area contributed by atoms with Crippen LogP contribution < -0.4 is 9.47 Å². The van der Waals surface area contributed by atoms with Crippen LogP contribution in [-0.4, -0.2) is 19.3 Å². The highest BCUT2D eigenvalue weighted by Gasteiger charge is 2.54. The smallest absolute Gasteiger partial charge is 0.125 e. The molecule has 0 bridgehead atoms. The van der Waals surface area contributed by atoms with Crippen molar-refractivity contribution in [3.05, 3.63) is 23.8 Å². The van der Waals surface area contributed by atoms with Gasteiger partial charge in [-0.3, -0.25) is 0 Å². The molecule has 1 aromatic rings. The summed E-state index contributed by atoms with van der Waals surface area (Å²) in [6, 6.07) is 5.55. The normalized spacial score (nSPS) is 20.5. The predicted octanol–water partition coefficient (Wildman–Crippen LogP) is 2.71. The first kappa shape index (κ1) is 12.2. The van der Waals surface area contributed by atoms with Crippen LogP contribution in [0.2, 0.25) is 0 Å². The Morgan fingerprint density at radius 2 is 1.88 bits per heavy atom. The molecule has 0 heterocycles. The maximum Gasteiger partial charge on any atom is 0.125 e. The minimum absolute atomic E-state index is 0.0490. The number of hydrogen-bond donors (Lipinski definition) is 1. The fraction of sp³-hybridized carbons (Fsp3) is 0.571. The van der Waals surface area contributed by atoms with Gasteiger partial charge >= 0.3 is 0 Å². The molecule has 2 rings (SSSR count). The van der Waals surface area contributed by atoms with Crippen LogP contribution in [0, 0.1) is 5.41 Å². The zero-order valence-corrected chi connectivity index (χ0v) is 10.9. The molecule has 1 aliphatic rings. The number of methoxy groups -OCH3 is 2. The molecular weight excluding hydrogens is 216 g/mol. The summed E-state index contributed by atoms with van der Waals surface area (Å²) in [5, 5.41) is 10.8. The van der Waals surface area contributed by atoms with Gasteiger partial charge in [0.05, 0.1) is 19.8 Å². The summed E-state index contributed by atoms with van der Waals surface area (Å²) >= 11 is 0. The van der Waals surface area contributed by atoms with E-state index in [2.05, 4.69) is 6.92 Å². The van der Waals surface area contributed by atoms with Crippen molar-refractivity contribution < 1.29 is 14.6 Å². The molecular formula is C14H20O3. The molecule has 0 aromatic heterocycles. The van der Waals surface area contributed by atoms with Gasteiger partial charge in [0.2, 0.25) is 0 Å². The second kappa shape index (κ2) is 3.91. The van der Waals surface area contributed by atoms with E-state index in [-0.39, 0.29) is 5.41 Å². The highest BCUT2D eigenvalue weighted by Crippen LogP contribution is 2.59. The molecule has 3 heteroatoms. The third kappa shape index (κ3) is 1.89. The van der Waals surface area contributed by atoms with E-state index in [1.54, 1.807) is 14.2 Å². The first-order valence-corrected chi connectivity index (χ1v) is 5.89. The van der Waals surface area contributed by atoms with E-state index < -0.39 is 5.60 Å². The lowest BCUT2D eigenvalue weighted by molar-refractivity contribution is -0.0147. The molecule has 0 spiro atoms. The zero-order valence-electron chi connectivity index (χ0n) is 10.9. The zero-order chi connectivity index (χ0) is 12.7. The molecule has 0 amide bonds. The maximum absolute atomic E-state index is 10.8. The van der Waals surface area contributed by atoms with Gasteiger partial charge in [0.15, 0.2) is 0 Å². The van der Waals surface area contributed by atoms with E-state index in [1.165, 1.54) is 0 Å². The summed E-state index contributed by atoms with van der Waals surface area (Å²) < 4.78 is 10.6. The summed E-state index contributed by atoms with van der Waals surface area (Å²) in [4.78, 5) is 0. The molecule has 0 aliphatic heterocycles. The maximum atomic E-state index is 10.8. The quantitative estimate of drug-likeness (QED) is 0.873. The van der Waals surface area contributed by atoms with Crippen LogP contribution >= 0.6 is 0 Å². The fourth-order valence-corrected chi connectivity index (χ4v) is 2.19. The topological polar surface area (TPSA) is 38.7 Å². The first-order valence-electron chi connectivity index (χ1n) is 5.89. The van der Waals surface area contributed by atoms with Crippen molar-refractivity contribution in [1.29, 1.82) is 0 Å². The van der Waals surface area contributed by atoms with Gasteiger partial charge in [0, 0.05) is 11.0 Å². The van der Waals surface area contributed by atoms with Gasteiger partial charge in [-0.25, -0.2) is 0 Å². The van der Waals surface area contributed by atoms with Crippen molar-refractivity contribution in [3.63, 3.8) is 0 Å². The Morgan fingerprint density at radius 3 is 2.35 bits per heavy atom.